The molecule has 1 aliphatic heterocycles. The van der Waals surface area contributed by atoms with Gasteiger partial charge in [-0.3, -0.25) is 4.79 Å². The molecule has 1 atom stereocenters. The minimum absolute atomic E-state index is 0.0151. The molecular weight excluding hydrogens is 506 g/mol. The number of aromatic nitrogens is 1. The van der Waals surface area contributed by atoms with Crippen LogP contribution in [0.15, 0.2) is 42.6 Å². The highest BCUT2D eigenvalue weighted by molar-refractivity contribution is 6.37. The zero-order chi connectivity index (χ0) is 28.8. The second kappa shape index (κ2) is 12.2. The molecule has 2 aromatic rings. The van der Waals surface area contributed by atoms with E-state index in [1.165, 1.54) is 6.20 Å². The Kier molecular flexibility index (Phi) is 9.28. The number of hydrogen-bond acceptors (Lipinski definition) is 9. The molecule has 0 spiro atoms. The Hall–Kier alpha value is -3.99. The van der Waals surface area contributed by atoms with E-state index < -0.39 is 35.3 Å². The van der Waals surface area contributed by atoms with Crippen molar-refractivity contribution in [2.45, 2.75) is 71.7 Å². The first-order valence-corrected chi connectivity index (χ1v) is 12.6. The summed E-state index contributed by atoms with van der Waals surface area (Å²) >= 11 is 0. The van der Waals surface area contributed by atoms with Gasteiger partial charge in [-0.1, -0.05) is 30.3 Å². The van der Waals surface area contributed by atoms with Crippen molar-refractivity contribution in [1.82, 2.24) is 4.98 Å². The number of nitrogens with one attached hydrogen (secondary N) is 1. The Balaban J connectivity index is 1.89. The van der Waals surface area contributed by atoms with Gasteiger partial charge in [-0.25, -0.2) is 19.4 Å². The molecule has 1 aromatic carbocycles. The summed E-state index contributed by atoms with van der Waals surface area (Å²) in [6, 6.07) is 10.5. The van der Waals surface area contributed by atoms with E-state index in [4.69, 9.17) is 18.9 Å². The number of carbonyl (C=O) groups is 4. The van der Waals surface area contributed by atoms with E-state index in [1.807, 2.05) is 6.07 Å². The Bertz CT molecular complexity index is 1170. The minimum Gasteiger partial charge on any atom is -0.454 e. The number of imide groups is 1. The second-order valence-corrected chi connectivity index (χ2v) is 11.0. The highest BCUT2D eigenvalue weighted by Crippen LogP contribution is 2.35. The van der Waals surface area contributed by atoms with E-state index in [1.54, 1.807) is 71.9 Å². The molecule has 0 radical (unpaired) electrons. The van der Waals surface area contributed by atoms with Crippen LogP contribution < -0.4 is 10.2 Å². The number of benzene rings is 1. The fourth-order valence-electron chi connectivity index (χ4n) is 3.64. The number of amides is 3. The number of hydrogen-bond donors (Lipinski definition) is 1. The summed E-state index contributed by atoms with van der Waals surface area (Å²) in [4.78, 5) is 56.3. The van der Waals surface area contributed by atoms with Crippen LogP contribution in [0.1, 0.15) is 65.0 Å². The molecule has 3 rings (SSSR count). The van der Waals surface area contributed by atoms with Crippen molar-refractivity contribution < 1.29 is 38.1 Å². The van der Waals surface area contributed by atoms with Gasteiger partial charge in [-0.05, 0) is 59.6 Å². The summed E-state index contributed by atoms with van der Waals surface area (Å²) in [6.07, 6.45) is -0.114. The van der Waals surface area contributed by atoms with Crippen LogP contribution in [0.5, 0.6) is 0 Å². The summed E-state index contributed by atoms with van der Waals surface area (Å²) in [5, 5.41) is 2.48. The predicted molar refractivity (Wildman–Crippen MR) is 142 cm³/mol. The van der Waals surface area contributed by atoms with E-state index in [9.17, 15) is 19.2 Å². The highest BCUT2D eigenvalue weighted by Gasteiger charge is 2.37. The summed E-state index contributed by atoms with van der Waals surface area (Å²) in [6.45, 7) is 10.8. The van der Waals surface area contributed by atoms with Crippen molar-refractivity contribution in [3.8, 4) is 0 Å². The maximum absolute atomic E-state index is 13.2. The lowest BCUT2D eigenvalue weighted by atomic mass is 9.98. The van der Waals surface area contributed by atoms with Crippen LogP contribution in [0, 0.1) is 0 Å². The standard InChI is InChI=1S/C28H35N3O8/c1-27(2,3)38-25(34)31(26(35)39-28(4,5)6)22-21(19-12-13-36-17-19)14-20(15-29-22)30-23(32)24(33)37-16-18-10-8-7-9-11-18/h7-11,14-15,19H,12-13,16-17H2,1-6H3,(H,30,32)/t19-/m1/s1. The van der Waals surface area contributed by atoms with Crippen molar-refractivity contribution in [2.24, 2.45) is 0 Å². The Morgan fingerprint density at radius 1 is 1.00 bits per heavy atom. The van der Waals surface area contributed by atoms with Crippen LogP contribution in [0.25, 0.3) is 0 Å². The van der Waals surface area contributed by atoms with Gasteiger partial charge < -0.3 is 24.3 Å². The average molecular weight is 542 g/mol. The Morgan fingerprint density at radius 3 is 2.15 bits per heavy atom. The average Bonchev–Trinajstić information content (AvgIpc) is 3.36. The monoisotopic (exact) mass is 541 g/mol. The number of ether oxygens (including phenoxy) is 4. The van der Waals surface area contributed by atoms with Crippen LogP contribution in [0.4, 0.5) is 21.1 Å². The van der Waals surface area contributed by atoms with Crippen LogP contribution in [-0.4, -0.2) is 53.5 Å². The molecule has 0 aliphatic carbocycles. The summed E-state index contributed by atoms with van der Waals surface area (Å²) < 4.78 is 21.6. The van der Waals surface area contributed by atoms with Crippen molar-refractivity contribution in [1.29, 1.82) is 0 Å². The largest absolute Gasteiger partial charge is 0.454 e. The molecule has 1 aliphatic rings. The normalized spacial score (nSPS) is 15.3. The topological polar surface area (TPSA) is 133 Å². The third-order valence-electron chi connectivity index (χ3n) is 5.28. The molecule has 39 heavy (non-hydrogen) atoms. The zero-order valence-corrected chi connectivity index (χ0v) is 23.1. The second-order valence-electron chi connectivity index (χ2n) is 11.0. The maximum atomic E-state index is 13.2. The van der Waals surface area contributed by atoms with Crippen molar-refractivity contribution in [3.05, 3.63) is 53.7 Å². The SMILES string of the molecule is CC(C)(C)OC(=O)N(C(=O)OC(C)(C)C)c1ncc(NC(=O)C(=O)OCc2ccccc2)cc1[C@@H]1CCOC1. The van der Waals surface area contributed by atoms with Crippen molar-refractivity contribution in [2.75, 3.05) is 23.4 Å². The number of carbonyl (C=O) groups excluding carboxylic acids is 4. The molecule has 210 valence electrons. The quantitative estimate of drug-likeness (QED) is 0.317. The molecule has 11 nitrogen and oxygen atoms in total. The van der Waals surface area contributed by atoms with E-state index in [-0.39, 0.29) is 24.0 Å². The first kappa shape index (κ1) is 29.6. The van der Waals surface area contributed by atoms with Gasteiger partial charge in [0.15, 0.2) is 5.82 Å². The first-order chi connectivity index (χ1) is 18.2. The summed E-state index contributed by atoms with van der Waals surface area (Å²) in [5.74, 6) is -2.33. The molecule has 3 amide bonds. The zero-order valence-electron chi connectivity index (χ0n) is 23.1. The summed E-state index contributed by atoms with van der Waals surface area (Å²) in [7, 11) is 0. The van der Waals surface area contributed by atoms with E-state index >= 15 is 0 Å². The molecule has 1 aromatic heterocycles. The number of anilines is 2. The number of rotatable bonds is 5. The van der Waals surface area contributed by atoms with Crippen LogP contribution in [0.2, 0.25) is 0 Å². The molecule has 0 unspecified atom stereocenters. The van der Waals surface area contributed by atoms with Crippen LogP contribution in [0.3, 0.4) is 0 Å². The van der Waals surface area contributed by atoms with Gasteiger partial charge in [0, 0.05) is 18.1 Å². The van der Waals surface area contributed by atoms with Crippen molar-refractivity contribution >= 4 is 35.6 Å². The molecule has 2 heterocycles. The third-order valence-corrected chi connectivity index (χ3v) is 5.28. The Morgan fingerprint density at radius 2 is 1.62 bits per heavy atom. The number of pyridine rings is 1. The van der Waals surface area contributed by atoms with Crippen LogP contribution >= 0.6 is 0 Å². The highest BCUT2D eigenvalue weighted by atomic mass is 16.6. The molecule has 1 N–H and O–H groups in total. The lowest BCUT2D eigenvalue weighted by molar-refractivity contribution is -0.153. The Labute approximate surface area is 227 Å². The van der Waals surface area contributed by atoms with Gasteiger partial charge in [0.2, 0.25) is 0 Å². The smallest absolute Gasteiger partial charge is 0.425 e. The molecule has 11 heteroatoms. The van der Waals surface area contributed by atoms with Gasteiger partial charge >= 0.3 is 24.1 Å². The first-order valence-electron chi connectivity index (χ1n) is 12.6. The van der Waals surface area contributed by atoms with Crippen LogP contribution in [-0.2, 0) is 35.1 Å². The fraction of sp³-hybridized carbons (Fsp3) is 0.464. The van der Waals surface area contributed by atoms with Gasteiger partial charge in [-0.2, -0.15) is 4.90 Å². The fourth-order valence-corrected chi connectivity index (χ4v) is 3.64. The van der Waals surface area contributed by atoms with Gasteiger partial charge in [0.25, 0.3) is 0 Å². The minimum atomic E-state index is -1.07. The third kappa shape index (κ3) is 8.78. The molecule has 0 saturated carbocycles. The molecule has 1 saturated heterocycles. The molecular formula is C28H35N3O8. The van der Waals surface area contributed by atoms with Gasteiger partial charge in [0.1, 0.15) is 17.8 Å². The van der Waals surface area contributed by atoms with Gasteiger partial charge in [-0.15, -0.1) is 0 Å². The lowest BCUT2D eigenvalue weighted by Gasteiger charge is -2.29. The van der Waals surface area contributed by atoms with E-state index in [0.29, 0.717) is 25.2 Å². The van der Waals surface area contributed by atoms with E-state index in [0.717, 1.165) is 10.5 Å². The molecule has 1 fully saturated rings. The number of esters is 1. The number of nitrogens with zero attached hydrogens (tertiary/aromatic N) is 2. The predicted octanol–water partition coefficient (Wildman–Crippen LogP) is 4.94. The van der Waals surface area contributed by atoms with E-state index in [2.05, 4.69) is 10.3 Å². The summed E-state index contributed by atoms with van der Waals surface area (Å²) in [5.41, 5.74) is -0.447. The van der Waals surface area contributed by atoms with Crippen molar-refractivity contribution in [3.63, 3.8) is 0 Å². The molecule has 0 bridgehead atoms. The maximum Gasteiger partial charge on any atom is 0.425 e. The lowest BCUT2D eigenvalue weighted by Crippen LogP contribution is -2.44. The van der Waals surface area contributed by atoms with Gasteiger partial charge in [0.05, 0.1) is 18.5 Å².